The first kappa shape index (κ1) is 17.4. The van der Waals surface area contributed by atoms with Crippen LogP contribution in [0.1, 0.15) is 44.7 Å². The summed E-state index contributed by atoms with van der Waals surface area (Å²) in [5, 5.41) is 3.06. The summed E-state index contributed by atoms with van der Waals surface area (Å²) in [6.07, 6.45) is 6.57. The number of aromatic nitrogens is 2. The van der Waals surface area contributed by atoms with E-state index in [0.29, 0.717) is 17.7 Å². The highest BCUT2D eigenvalue weighted by atomic mass is 16.5. The zero-order chi connectivity index (χ0) is 17.5. The first-order valence-corrected chi connectivity index (χ1v) is 9.10. The summed E-state index contributed by atoms with van der Waals surface area (Å²) in [4.78, 5) is 21.1. The molecule has 1 amide bonds. The largest absolute Gasteiger partial charge is 0.467 e. The highest BCUT2D eigenvalue weighted by molar-refractivity contribution is 5.77. The second kappa shape index (κ2) is 8.60. The van der Waals surface area contributed by atoms with Crippen molar-refractivity contribution < 1.29 is 9.53 Å². The molecule has 1 heterocycles. The highest BCUT2D eigenvalue weighted by Crippen LogP contribution is 2.20. The molecule has 2 aromatic rings. The molecule has 1 aliphatic rings. The van der Waals surface area contributed by atoms with Gasteiger partial charge in [-0.3, -0.25) is 4.79 Å². The average Bonchev–Trinajstić information content (AvgIpc) is 2.67. The summed E-state index contributed by atoms with van der Waals surface area (Å²) < 4.78 is 5.65. The van der Waals surface area contributed by atoms with Gasteiger partial charge in [0.1, 0.15) is 0 Å². The van der Waals surface area contributed by atoms with Crippen molar-refractivity contribution in [3.05, 3.63) is 42.1 Å². The number of carbonyl (C=O) groups excluding carboxylic acids is 1. The minimum Gasteiger partial charge on any atom is -0.467 e. The lowest BCUT2D eigenvalue weighted by molar-refractivity contribution is -0.124. The van der Waals surface area contributed by atoms with Crippen LogP contribution >= 0.6 is 0 Å². The summed E-state index contributed by atoms with van der Waals surface area (Å²) in [6.45, 7) is 2.03. The predicted octanol–water partition coefficient (Wildman–Crippen LogP) is 3.53. The zero-order valence-electron chi connectivity index (χ0n) is 14.7. The molecular formula is C20H25N3O2. The van der Waals surface area contributed by atoms with Gasteiger partial charge >= 0.3 is 0 Å². The molecule has 0 unspecified atom stereocenters. The third-order valence-corrected chi connectivity index (χ3v) is 4.47. The van der Waals surface area contributed by atoms with E-state index in [1.54, 1.807) is 6.07 Å². The molecule has 0 bridgehead atoms. The van der Waals surface area contributed by atoms with Crippen molar-refractivity contribution >= 4 is 5.91 Å². The van der Waals surface area contributed by atoms with E-state index in [2.05, 4.69) is 15.3 Å². The topological polar surface area (TPSA) is 64.1 Å². The van der Waals surface area contributed by atoms with E-state index in [1.165, 1.54) is 19.3 Å². The molecule has 25 heavy (non-hydrogen) atoms. The number of ether oxygens (including phenoxy) is 1. The molecule has 1 N–H and O–H groups in total. The molecule has 5 nitrogen and oxygen atoms in total. The Labute approximate surface area is 148 Å². The van der Waals surface area contributed by atoms with E-state index >= 15 is 0 Å². The maximum Gasteiger partial charge on any atom is 0.258 e. The Morgan fingerprint density at radius 1 is 1.16 bits per heavy atom. The van der Waals surface area contributed by atoms with Crippen molar-refractivity contribution in [3.63, 3.8) is 0 Å². The monoisotopic (exact) mass is 339 g/mol. The Kier molecular flexibility index (Phi) is 5.99. The van der Waals surface area contributed by atoms with Gasteiger partial charge in [0.2, 0.25) is 5.88 Å². The smallest absolute Gasteiger partial charge is 0.258 e. The van der Waals surface area contributed by atoms with Crippen LogP contribution in [-0.4, -0.2) is 28.5 Å². The SMILES string of the molecule is CCc1cc(OCC(=O)NC2CCCCC2)nc(-c2ccccc2)n1. The van der Waals surface area contributed by atoms with Crippen LogP contribution in [0, 0.1) is 0 Å². The van der Waals surface area contributed by atoms with Crippen LogP contribution in [0.3, 0.4) is 0 Å². The molecule has 0 saturated heterocycles. The quantitative estimate of drug-likeness (QED) is 0.874. The molecule has 5 heteroatoms. The molecule has 0 aliphatic heterocycles. The number of hydrogen-bond acceptors (Lipinski definition) is 4. The van der Waals surface area contributed by atoms with Crippen LogP contribution in [0.2, 0.25) is 0 Å². The number of nitrogens with zero attached hydrogens (tertiary/aromatic N) is 2. The predicted molar refractivity (Wildman–Crippen MR) is 97.4 cm³/mol. The Balaban J connectivity index is 1.64. The number of nitrogens with one attached hydrogen (secondary N) is 1. The average molecular weight is 339 g/mol. The molecule has 1 aromatic carbocycles. The number of hydrogen-bond donors (Lipinski definition) is 1. The first-order valence-electron chi connectivity index (χ1n) is 9.10. The first-order chi connectivity index (χ1) is 12.2. The fraction of sp³-hybridized carbons (Fsp3) is 0.450. The molecule has 0 radical (unpaired) electrons. The van der Waals surface area contributed by atoms with Gasteiger partial charge in [-0.05, 0) is 19.3 Å². The second-order valence-electron chi connectivity index (χ2n) is 6.43. The minimum atomic E-state index is -0.0789. The summed E-state index contributed by atoms with van der Waals surface area (Å²) in [6, 6.07) is 11.9. The second-order valence-corrected chi connectivity index (χ2v) is 6.43. The number of aryl methyl sites for hydroxylation is 1. The fourth-order valence-electron chi connectivity index (χ4n) is 3.10. The van der Waals surface area contributed by atoms with Gasteiger partial charge in [-0.1, -0.05) is 56.5 Å². The van der Waals surface area contributed by atoms with Crippen molar-refractivity contribution in [3.8, 4) is 17.3 Å². The van der Waals surface area contributed by atoms with Gasteiger partial charge in [0, 0.05) is 23.4 Å². The Morgan fingerprint density at radius 3 is 2.64 bits per heavy atom. The molecule has 1 saturated carbocycles. The van der Waals surface area contributed by atoms with Crippen molar-refractivity contribution in [2.45, 2.75) is 51.5 Å². The van der Waals surface area contributed by atoms with E-state index in [1.807, 2.05) is 37.3 Å². The number of benzene rings is 1. The Bertz CT molecular complexity index is 697. The van der Waals surface area contributed by atoms with E-state index in [-0.39, 0.29) is 12.5 Å². The number of carbonyl (C=O) groups is 1. The Morgan fingerprint density at radius 2 is 1.92 bits per heavy atom. The van der Waals surface area contributed by atoms with Crippen LogP contribution in [0.15, 0.2) is 36.4 Å². The summed E-state index contributed by atoms with van der Waals surface area (Å²) in [5.74, 6) is 0.997. The van der Waals surface area contributed by atoms with Gasteiger partial charge in [-0.25, -0.2) is 4.98 Å². The standard InChI is InChI=1S/C20H25N3O2/c1-2-16-13-19(23-20(22-16)15-9-5-3-6-10-15)25-14-18(24)21-17-11-7-4-8-12-17/h3,5-6,9-10,13,17H,2,4,7-8,11-12,14H2,1H3,(H,21,24). The lowest BCUT2D eigenvalue weighted by atomic mass is 9.95. The van der Waals surface area contributed by atoms with Crippen LogP contribution in [0.4, 0.5) is 0 Å². The molecule has 3 rings (SSSR count). The van der Waals surface area contributed by atoms with Crippen LogP contribution in [0.25, 0.3) is 11.4 Å². The van der Waals surface area contributed by atoms with E-state index < -0.39 is 0 Å². The van der Waals surface area contributed by atoms with Gasteiger partial charge in [0.25, 0.3) is 5.91 Å². The molecule has 0 spiro atoms. The lowest BCUT2D eigenvalue weighted by Gasteiger charge is -2.22. The fourth-order valence-corrected chi connectivity index (χ4v) is 3.10. The van der Waals surface area contributed by atoms with E-state index in [4.69, 9.17) is 4.74 Å². The van der Waals surface area contributed by atoms with Gasteiger partial charge in [-0.15, -0.1) is 0 Å². The zero-order valence-corrected chi connectivity index (χ0v) is 14.7. The van der Waals surface area contributed by atoms with Crippen LogP contribution in [-0.2, 0) is 11.2 Å². The molecular weight excluding hydrogens is 314 g/mol. The molecule has 1 aromatic heterocycles. The lowest BCUT2D eigenvalue weighted by Crippen LogP contribution is -2.39. The summed E-state index contributed by atoms with van der Waals surface area (Å²) >= 11 is 0. The maximum absolute atomic E-state index is 12.1. The third-order valence-electron chi connectivity index (χ3n) is 4.47. The van der Waals surface area contributed by atoms with Gasteiger partial charge < -0.3 is 10.1 Å². The molecule has 1 fully saturated rings. The number of amides is 1. The van der Waals surface area contributed by atoms with Crippen molar-refractivity contribution in [1.82, 2.24) is 15.3 Å². The molecule has 1 aliphatic carbocycles. The van der Waals surface area contributed by atoms with E-state index in [9.17, 15) is 4.79 Å². The van der Waals surface area contributed by atoms with E-state index in [0.717, 1.165) is 30.5 Å². The van der Waals surface area contributed by atoms with Crippen molar-refractivity contribution in [2.75, 3.05) is 6.61 Å². The normalized spacial score (nSPS) is 14.9. The maximum atomic E-state index is 12.1. The molecule has 0 atom stereocenters. The summed E-state index contributed by atoms with van der Waals surface area (Å²) in [5.41, 5.74) is 1.84. The van der Waals surface area contributed by atoms with Crippen molar-refractivity contribution in [2.24, 2.45) is 0 Å². The molecule has 132 valence electrons. The van der Waals surface area contributed by atoms with Crippen molar-refractivity contribution in [1.29, 1.82) is 0 Å². The summed E-state index contributed by atoms with van der Waals surface area (Å²) in [7, 11) is 0. The minimum absolute atomic E-state index is 0.00903. The highest BCUT2D eigenvalue weighted by Gasteiger charge is 2.16. The van der Waals surface area contributed by atoms with Gasteiger partial charge in [0.05, 0.1) is 0 Å². The van der Waals surface area contributed by atoms with Gasteiger partial charge in [-0.2, -0.15) is 4.98 Å². The third kappa shape index (κ3) is 5.02. The number of rotatable bonds is 6. The van der Waals surface area contributed by atoms with Crippen LogP contribution in [0.5, 0.6) is 5.88 Å². The van der Waals surface area contributed by atoms with Crippen LogP contribution < -0.4 is 10.1 Å². The Hall–Kier alpha value is -2.43. The van der Waals surface area contributed by atoms with Gasteiger partial charge in [0.15, 0.2) is 12.4 Å².